The number of benzene rings is 6. The molecular weight excluding hydrogens is 506 g/mol. The summed E-state index contributed by atoms with van der Waals surface area (Å²) in [6.07, 6.45) is 0. The van der Waals surface area contributed by atoms with Gasteiger partial charge in [0.25, 0.3) is 0 Å². The highest BCUT2D eigenvalue weighted by Crippen LogP contribution is 2.50. The van der Waals surface area contributed by atoms with Crippen molar-refractivity contribution >= 4 is 11.4 Å². The van der Waals surface area contributed by atoms with Gasteiger partial charge in [-0.3, -0.25) is 0 Å². The summed E-state index contributed by atoms with van der Waals surface area (Å²) in [6, 6.07) is 48.5. The monoisotopic (exact) mass is 541 g/mol. The van der Waals surface area contributed by atoms with Crippen LogP contribution in [0.4, 0.5) is 11.4 Å². The molecule has 1 nitrogen and oxygen atoms in total. The second-order valence-electron chi connectivity index (χ2n) is 12.1. The summed E-state index contributed by atoms with van der Waals surface area (Å²) >= 11 is 0. The van der Waals surface area contributed by atoms with Crippen molar-refractivity contribution in [1.29, 1.82) is 0 Å². The van der Waals surface area contributed by atoms with Gasteiger partial charge in [0, 0.05) is 16.8 Å². The van der Waals surface area contributed by atoms with Crippen molar-refractivity contribution in [1.82, 2.24) is 0 Å². The molecule has 42 heavy (non-hydrogen) atoms. The van der Waals surface area contributed by atoms with Gasteiger partial charge in [-0.25, -0.2) is 0 Å². The van der Waals surface area contributed by atoms with Crippen molar-refractivity contribution in [2.75, 3.05) is 5.32 Å². The Morgan fingerprint density at radius 2 is 0.857 bits per heavy atom. The third-order valence-electron chi connectivity index (χ3n) is 8.92. The maximum atomic E-state index is 3.70. The number of fused-ring (bicyclic) bond motifs is 3. The zero-order valence-corrected chi connectivity index (χ0v) is 24.7. The molecule has 0 saturated carbocycles. The zero-order valence-electron chi connectivity index (χ0n) is 24.7. The molecule has 0 fully saturated rings. The van der Waals surface area contributed by atoms with Gasteiger partial charge >= 0.3 is 0 Å². The van der Waals surface area contributed by atoms with Crippen LogP contribution in [0.5, 0.6) is 0 Å². The molecule has 1 aliphatic carbocycles. The van der Waals surface area contributed by atoms with E-state index in [9.17, 15) is 0 Å². The van der Waals surface area contributed by atoms with E-state index < -0.39 is 0 Å². The minimum absolute atomic E-state index is 0.0731. The summed E-state index contributed by atoms with van der Waals surface area (Å²) < 4.78 is 0. The Hall–Kier alpha value is -4.88. The molecule has 1 N–H and O–H groups in total. The van der Waals surface area contributed by atoms with Crippen molar-refractivity contribution in [3.05, 3.63) is 156 Å². The van der Waals surface area contributed by atoms with Crippen LogP contribution in [0.3, 0.4) is 0 Å². The lowest BCUT2D eigenvalue weighted by molar-refractivity contribution is 0.661. The summed E-state index contributed by atoms with van der Waals surface area (Å²) in [5, 5.41) is 3.70. The molecule has 0 spiro atoms. The van der Waals surface area contributed by atoms with Crippen molar-refractivity contribution in [3.63, 3.8) is 0 Å². The van der Waals surface area contributed by atoms with E-state index in [0.29, 0.717) is 0 Å². The quantitative estimate of drug-likeness (QED) is 0.229. The minimum Gasteiger partial charge on any atom is -0.356 e. The fourth-order valence-electron chi connectivity index (χ4n) is 6.61. The molecule has 0 bridgehead atoms. The van der Waals surface area contributed by atoms with Crippen LogP contribution in [-0.2, 0) is 5.41 Å². The van der Waals surface area contributed by atoms with Gasteiger partial charge < -0.3 is 5.32 Å². The maximum Gasteiger partial charge on any atom is 0.0387 e. The SMILES string of the molecule is Cc1cc(Nc2ccc3c(c2)C(C)(C)c2cc(-c4ccccc4)ccc2-3)ccc1-c1ccc(-c2ccccc2)cc1C. The van der Waals surface area contributed by atoms with Crippen LogP contribution >= 0.6 is 0 Å². The van der Waals surface area contributed by atoms with Crippen molar-refractivity contribution in [2.24, 2.45) is 0 Å². The number of anilines is 2. The summed E-state index contributed by atoms with van der Waals surface area (Å²) in [5.41, 5.74) is 17.7. The Balaban J connectivity index is 1.15. The predicted molar refractivity (Wildman–Crippen MR) is 180 cm³/mol. The number of rotatable bonds is 5. The van der Waals surface area contributed by atoms with Crippen LogP contribution in [-0.4, -0.2) is 0 Å². The van der Waals surface area contributed by atoms with E-state index >= 15 is 0 Å². The lowest BCUT2D eigenvalue weighted by Crippen LogP contribution is -2.15. The van der Waals surface area contributed by atoms with E-state index in [2.05, 4.69) is 166 Å². The molecule has 0 saturated heterocycles. The molecule has 7 rings (SSSR count). The molecule has 0 aliphatic heterocycles. The highest BCUT2D eigenvalue weighted by molar-refractivity contribution is 5.85. The molecule has 0 unspecified atom stereocenters. The van der Waals surface area contributed by atoms with E-state index in [0.717, 1.165) is 11.4 Å². The van der Waals surface area contributed by atoms with Crippen LogP contribution in [0, 0.1) is 13.8 Å². The van der Waals surface area contributed by atoms with Crippen LogP contribution in [0.1, 0.15) is 36.1 Å². The Morgan fingerprint density at radius 3 is 1.43 bits per heavy atom. The van der Waals surface area contributed by atoms with Gasteiger partial charge in [0.05, 0.1) is 0 Å². The molecule has 0 radical (unpaired) electrons. The van der Waals surface area contributed by atoms with Crippen LogP contribution in [0.15, 0.2) is 133 Å². The van der Waals surface area contributed by atoms with Gasteiger partial charge in [-0.1, -0.05) is 117 Å². The smallest absolute Gasteiger partial charge is 0.0387 e. The maximum absolute atomic E-state index is 3.70. The third kappa shape index (κ3) is 4.52. The largest absolute Gasteiger partial charge is 0.356 e. The first-order valence-corrected chi connectivity index (χ1v) is 14.8. The fourth-order valence-corrected chi connectivity index (χ4v) is 6.61. The fraction of sp³-hybridized carbons (Fsp3) is 0.122. The molecule has 1 heteroatoms. The Morgan fingerprint density at radius 1 is 0.405 bits per heavy atom. The van der Waals surface area contributed by atoms with E-state index in [4.69, 9.17) is 0 Å². The number of aryl methyl sites for hydroxylation is 2. The Labute approximate surface area is 249 Å². The normalized spacial score (nSPS) is 13.0. The third-order valence-corrected chi connectivity index (χ3v) is 8.92. The average molecular weight is 542 g/mol. The van der Waals surface area contributed by atoms with Crippen LogP contribution < -0.4 is 5.32 Å². The molecule has 0 aromatic heterocycles. The molecule has 0 atom stereocenters. The lowest BCUT2D eigenvalue weighted by atomic mass is 9.81. The second-order valence-corrected chi connectivity index (χ2v) is 12.1. The number of nitrogens with one attached hydrogen (secondary N) is 1. The van der Waals surface area contributed by atoms with Gasteiger partial charge in [0.2, 0.25) is 0 Å². The number of hydrogen-bond acceptors (Lipinski definition) is 1. The first kappa shape index (κ1) is 26.0. The van der Waals surface area contributed by atoms with E-state index in [-0.39, 0.29) is 5.41 Å². The van der Waals surface area contributed by atoms with Gasteiger partial charge in [0.1, 0.15) is 0 Å². The lowest BCUT2D eigenvalue weighted by Gasteiger charge is -2.23. The minimum atomic E-state index is -0.0731. The highest BCUT2D eigenvalue weighted by Gasteiger charge is 2.35. The first-order chi connectivity index (χ1) is 20.4. The Kier molecular flexibility index (Phi) is 6.32. The van der Waals surface area contributed by atoms with E-state index in [1.807, 2.05) is 0 Å². The number of hydrogen-bond donors (Lipinski definition) is 1. The molecule has 1 aliphatic rings. The van der Waals surface area contributed by atoms with Crippen molar-refractivity contribution in [3.8, 4) is 44.5 Å². The Bertz CT molecular complexity index is 1930. The van der Waals surface area contributed by atoms with Crippen LogP contribution in [0.25, 0.3) is 44.5 Å². The van der Waals surface area contributed by atoms with E-state index in [1.54, 1.807) is 0 Å². The molecular formula is C41H35N. The summed E-state index contributed by atoms with van der Waals surface area (Å²) in [7, 11) is 0. The van der Waals surface area contributed by atoms with Crippen molar-refractivity contribution < 1.29 is 0 Å². The first-order valence-electron chi connectivity index (χ1n) is 14.8. The molecule has 6 aromatic rings. The molecule has 204 valence electrons. The van der Waals surface area contributed by atoms with Gasteiger partial charge in [-0.15, -0.1) is 0 Å². The van der Waals surface area contributed by atoms with Crippen LogP contribution in [0.2, 0.25) is 0 Å². The van der Waals surface area contributed by atoms with Gasteiger partial charge in [-0.05, 0) is 111 Å². The zero-order chi connectivity index (χ0) is 28.8. The standard InChI is InChI=1S/C41H35N/c1-27-23-31(29-11-7-5-8-12-29)15-19-35(27)36-21-17-33(24-28(36)2)42-34-18-22-38-37-20-16-32(30-13-9-6-10-14-30)25-39(37)41(3,4)40(38)26-34/h5-26,42H,1-4H3. The molecule has 6 aromatic carbocycles. The summed E-state index contributed by atoms with van der Waals surface area (Å²) in [4.78, 5) is 0. The van der Waals surface area contributed by atoms with Gasteiger partial charge in [-0.2, -0.15) is 0 Å². The predicted octanol–water partition coefficient (Wildman–Crippen LogP) is 11.4. The average Bonchev–Trinajstić information content (AvgIpc) is 3.24. The molecule has 0 heterocycles. The van der Waals surface area contributed by atoms with Crippen molar-refractivity contribution in [2.45, 2.75) is 33.1 Å². The van der Waals surface area contributed by atoms with Gasteiger partial charge in [0.15, 0.2) is 0 Å². The van der Waals surface area contributed by atoms with E-state index in [1.165, 1.54) is 66.8 Å². The topological polar surface area (TPSA) is 12.0 Å². The molecule has 0 amide bonds. The second kappa shape index (κ2) is 10.2. The summed E-state index contributed by atoms with van der Waals surface area (Å²) in [5.74, 6) is 0. The summed E-state index contributed by atoms with van der Waals surface area (Å²) in [6.45, 7) is 9.11. The highest BCUT2D eigenvalue weighted by atomic mass is 14.9.